The van der Waals surface area contributed by atoms with Crippen LogP contribution in [0.5, 0.6) is 0 Å². The van der Waals surface area contributed by atoms with Gasteiger partial charge in [-0.3, -0.25) is 0 Å². The Labute approximate surface area is 133 Å². The Morgan fingerprint density at radius 2 is 2.09 bits per heavy atom. The van der Waals surface area contributed by atoms with Crippen LogP contribution in [0, 0.1) is 6.92 Å². The zero-order valence-corrected chi connectivity index (χ0v) is 13.5. The minimum absolute atomic E-state index is 0.0571. The van der Waals surface area contributed by atoms with Gasteiger partial charge in [0.2, 0.25) is 10.0 Å². The van der Waals surface area contributed by atoms with E-state index in [1.54, 1.807) is 13.0 Å². The van der Waals surface area contributed by atoms with Crippen LogP contribution in [-0.4, -0.2) is 26.6 Å². The van der Waals surface area contributed by atoms with Crippen LogP contribution >= 0.6 is 0 Å². The number of carboxylic acid groups (broad SMARTS) is 1. The van der Waals surface area contributed by atoms with Crippen molar-refractivity contribution >= 4 is 16.0 Å². The number of carboxylic acids is 1. The van der Waals surface area contributed by atoms with Crippen LogP contribution in [0.4, 0.5) is 0 Å². The summed E-state index contributed by atoms with van der Waals surface area (Å²) in [7, 11) is -2.41. The maximum atomic E-state index is 12.4. The number of aromatic carboxylic acids is 1. The Morgan fingerprint density at radius 1 is 1.35 bits per heavy atom. The molecule has 2 rings (SSSR count). The predicted octanol–water partition coefficient (Wildman–Crippen LogP) is 1.91. The quantitative estimate of drug-likeness (QED) is 0.798. The van der Waals surface area contributed by atoms with Crippen molar-refractivity contribution < 1.29 is 27.5 Å². The highest BCUT2D eigenvalue weighted by molar-refractivity contribution is 7.89. The molecule has 0 spiro atoms. The lowest BCUT2D eigenvalue weighted by Crippen LogP contribution is -2.24. The van der Waals surface area contributed by atoms with Gasteiger partial charge in [-0.05, 0) is 36.8 Å². The lowest BCUT2D eigenvalue weighted by molar-refractivity contribution is 0.0696. The van der Waals surface area contributed by atoms with Crippen molar-refractivity contribution in [3.05, 3.63) is 53.0 Å². The van der Waals surface area contributed by atoms with E-state index in [4.69, 9.17) is 14.3 Å². The molecule has 0 fully saturated rings. The smallest absolute Gasteiger partial charge is 0.335 e. The molecule has 1 heterocycles. The molecule has 2 N–H and O–H groups in total. The molecule has 23 heavy (non-hydrogen) atoms. The number of aryl methyl sites for hydroxylation is 1. The summed E-state index contributed by atoms with van der Waals surface area (Å²) < 4.78 is 37.3. The number of furan rings is 1. The third-order valence-corrected chi connectivity index (χ3v) is 4.63. The van der Waals surface area contributed by atoms with Gasteiger partial charge in [0.1, 0.15) is 5.76 Å². The first-order valence-corrected chi connectivity index (χ1v) is 8.20. The van der Waals surface area contributed by atoms with Crippen molar-refractivity contribution in [3.8, 4) is 0 Å². The van der Waals surface area contributed by atoms with E-state index in [0.717, 1.165) is 6.07 Å². The SMILES string of the molecule is COCc1cc(C(=O)O)cc(S(=O)(=O)NCc2ccoc2C)c1. The fourth-order valence-corrected chi connectivity index (χ4v) is 3.14. The van der Waals surface area contributed by atoms with E-state index >= 15 is 0 Å². The average Bonchev–Trinajstić information content (AvgIpc) is 2.90. The molecule has 0 unspecified atom stereocenters. The Hall–Kier alpha value is -2.16. The summed E-state index contributed by atoms with van der Waals surface area (Å²) in [4.78, 5) is 11.0. The van der Waals surface area contributed by atoms with Crippen LogP contribution in [0.3, 0.4) is 0 Å². The molecular formula is C15H17NO6S. The minimum atomic E-state index is -3.86. The van der Waals surface area contributed by atoms with Crippen LogP contribution in [0.1, 0.15) is 27.2 Å². The number of nitrogens with one attached hydrogen (secondary N) is 1. The molecule has 0 radical (unpaired) electrons. The fraction of sp³-hybridized carbons (Fsp3) is 0.267. The van der Waals surface area contributed by atoms with E-state index in [1.807, 2.05) is 0 Å². The Bertz CT molecular complexity index is 809. The highest BCUT2D eigenvalue weighted by Crippen LogP contribution is 2.17. The second-order valence-corrected chi connectivity index (χ2v) is 6.70. The van der Waals surface area contributed by atoms with Gasteiger partial charge in [0, 0.05) is 19.2 Å². The van der Waals surface area contributed by atoms with E-state index in [2.05, 4.69) is 4.72 Å². The zero-order chi connectivity index (χ0) is 17.0. The van der Waals surface area contributed by atoms with Crippen LogP contribution < -0.4 is 4.72 Å². The number of rotatable bonds is 7. The Balaban J connectivity index is 2.30. The fourth-order valence-electron chi connectivity index (χ4n) is 2.04. The number of benzene rings is 1. The summed E-state index contributed by atoms with van der Waals surface area (Å²) in [5, 5.41) is 9.12. The molecule has 0 saturated heterocycles. The van der Waals surface area contributed by atoms with Gasteiger partial charge in [-0.2, -0.15) is 0 Å². The highest BCUT2D eigenvalue weighted by atomic mass is 32.2. The van der Waals surface area contributed by atoms with Crippen molar-refractivity contribution in [2.45, 2.75) is 25.0 Å². The molecule has 0 atom stereocenters. The number of hydrogen-bond donors (Lipinski definition) is 2. The van der Waals surface area contributed by atoms with Gasteiger partial charge in [-0.1, -0.05) is 0 Å². The number of methoxy groups -OCH3 is 1. The van der Waals surface area contributed by atoms with Gasteiger partial charge in [0.25, 0.3) is 0 Å². The summed E-state index contributed by atoms with van der Waals surface area (Å²) in [5.74, 6) is -0.586. The van der Waals surface area contributed by atoms with E-state index < -0.39 is 16.0 Å². The standard InChI is InChI=1S/C15H17NO6S/c1-10-12(3-4-22-10)8-16-23(19,20)14-6-11(9-21-2)5-13(7-14)15(17)18/h3-7,16H,8-9H2,1-2H3,(H,17,18). The van der Waals surface area contributed by atoms with Gasteiger partial charge in [-0.25, -0.2) is 17.9 Å². The van der Waals surface area contributed by atoms with Crippen LogP contribution in [0.2, 0.25) is 0 Å². The molecule has 0 aliphatic carbocycles. The van der Waals surface area contributed by atoms with E-state index in [-0.39, 0.29) is 23.6 Å². The number of carbonyl (C=O) groups is 1. The first-order valence-electron chi connectivity index (χ1n) is 6.72. The monoisotopic (exact) mass is 339 g/mol. The molecular weight excluding hydrogens is 322 g/mol. The summed E-state index contributed by atoms with van der Waals surface area (Å²) >= 11 is 0. The van der Waals surface area contributed by atoms with Gasteiger partial charge < -0.3 is 14.3 Å². The molecule has 0 amide bonds. The largest absolute Gasteiger partial charge is 0.478 e. The second kappa shape index (κ2) is 6.95. The molecule has 124 valence electrons. The Morgan fingerprint density at radius 3 is 2.65 bits per heavy atom. The molecule has 0 bridgehead atoms. The molecule has 1 aromatic heterocycles. The van der Waals surface area contributed by atoms with E-state index in [0.29, 0.717) is 16.9 Å². The average molecular weight is 339 g/mol. The Kier molecular flexibility index (Phi) is 5.19. The van der Waals surface area contributed by atoms with E-state index in [9.17, 15) is 13.2 Å². The maximum absolute atomic E-state index is 12.4. The van der Waals surface area contributed by atoms with E-state index in [1.165, 1.54) is 25.5 Å². The lowest BCUT2D eigenvalue weighted by Gasteiger charge is -2.09. The minimum Gasteiger partial charge on any atom is -0.478 e. The van der Waals surface area contributed by atoms with Crippen LogP contribution in [-0.2, 0) is 27.9 Å². The molecule has 1 aromatic carbocycles. The summed E-state index contributed by atoms with van der Waals surface area (Å²) in [5.41, 5.74) is 1.06. The number of ether oxygens (including phenoxy) is 1. The second-order valence-electron chi connectivity index (χ2n) is 4.93. The molecule has 8 heteroatoms. The summed E-state index contributed by atoms with van der Waals surface area (Å²) in [6.07, 6.45) is 1.47. The van der Waals surface area contributed by atoms with Crippen molar-refractivity contribution in [2.75, 3.05) is 7.11 Å². The third-order valence-electron chi connectivity index (χ3n) is 3.25. The predicted molar refractivity (Wildman–Crippen MR) is 81.6 cm³/mol. The van der Waals surface area contributed by atoms with Gasteiger partial charge in [-0.15, -0.1) is 0 Å². The van der Waals surface area contributed by atoms with Crippen molar-refractivity contribution in [1.29, 1.82) is 0 Å². The number of hydrogen-bond acceptors (Lipinski definition) is 5. The first kappa shape index (κ1) is 17.2. The summed E-state index contributed by atoms with van der Waals surface area (Å²) in [6, 6.07) is 5.56. The maximum Gasteiger partial charge on any atom is 0.335 e. The molecule has 0 aliphatic heterocycles. The molecule has 2 aromatic rings. The van der Waals surface area contributed by atoms with Gasteiger partial charge >= 0.3 is 5.97 Å². The van der Waals surface area contributed by atoms with Gasteiger partial charge in [0.15, 0.2) is 0 Å². The van der Waals surface area contributed by atoms with Gasteiger partial charge in [0.05, 0.1) is 23.3 Å². The molecule has 7 nitrogen and oxygen atoms in total. The first-order chi connectivity index (χ1) is 10.8. The van der Waals surface area contributed by atoms with Crippen molar-refractivity contribution in [3.63, 3.8) is 0 Å². The molecule has 0 aliphatic rings. The topological polar surface area (TPSA) is 106 Å². The van der Waals surface area contributed by atoms with Crippen molar-refractivity contribution in [1.82, 2.24) is 4.72 Å². The molecule has 0 saturated carbocycles. The van der Waals surface area contributed by atoms with Crippen LogP contribution in [0.25, 0.3) is 0 Å². The van der Waals surface area contributed by atoms with Crippen molar-refractivity contribution in [2.24, 2.45) is 0 Å². The zero-order valence-electron chi connectivity index (χ0n) is 12.7. The normalized spacial score (nSPS) is 11.6. The third kappa shape index (κ3) is 4.19. The number of sulfonamides is 1. The summed E-state index contributed by atoms with van der Waals surface area (Å²) in [6.45, 7) is 1.90. The van der Waals surface area contributed by atoms with Crippen LogP contribution in [0.15, 0.2) is 39.8 Å². The highest BCUT2D eigenvalue weighted by Gasteiger charge is 2.18. The lowest BCUT2D eigenvalue weighted by atomic mass is 10.1.